The van der Waals surface area contributed by atoms with E-state index in [-0.39, 0.29) is 0 Å². The van der Waals surface area contributed by atoms with Crippen molar-refractivity contribution in [2.24, 2.45) is 11.8 Å². The van der Waals surface area contributed by atoms with Crippen molar-refractivity contribution in [3.8, 4) is 0 Å². The van der Waals surface area contributed by atoms with Crippen LogP contribution in [0.15, 0.2) is 48.7 Å². The second kappa shape index (κ2) is 7.15. The van der Waals surface area contributed by atoms with Crippen LogP contribution in [0.2, 0.25) is 0 Å². The van der Waals surface area contributed by atoms with E-state index in [1.165, 1.54) is 50.0 Å². The summed E-state index contributed by atoms with van der Waals surface area (Å²) < 4.78 is 0. The molecule has 2 heteroatoms. The Morgan fingerprint density at radius 3 is 2.68 bits per heavy atom. The van der Waals surface area contributed by atoms with E-state index in [9.17, 15) is 0 Å². The van der Waals surface area contributed by atoms with Gasteiger partial charge in [0.1, 0.15) is 0 Å². The van der Waals surface area contributed by atoms with Gasteiger partial charge < -0.3 is 10.2 Å². The normalized spacial score (nSPS) is 26.0. The highest BCUT2D eigenvalue weighted by molar-refractivity contribution is 5.53. The summed E-state index contributed by atoms with van der Waals surface area (Å²) in [4.78, 5) is 2.34. The van der Waals surface area contributed by atoms with Crippen molar-refractivity contribution in [1.82, 2.24) is 10.2 Å². The number of benzene rings is 1. The van der Waals surface area contributed by atoms with Crippen LogP contribution in [0.1, 0.15) is 31.7 Å². The Labute approximate surface area is 134 Å². The van der Waals surface area contributed by atoms with Crippen LogP contribution in [0.25, 0.3) is 6.08 Å². The second-order valence-electron chi connectivity index (χ2n) is 6.82. The van der Waals surface area contributed by atoms with Gasteiger partial charge >= 0.3 is 0 Å². The van der Waals surface area contributed by atoms with Gasteiger partial charge in [0.2, 0.25) is 0 Å². The van der Waals surface area contributed by atoms with Crippen LogP contribution in [0.3, 0.4) is 0 Å². The zero-order chi connectivity index (χ0) is 15.4. The third-order valence-electron chi connectivity index (χ3n) is 5.15. The summed E-state index contributed by atoms with van der Waals surface area (Å²) in [6, 6.07) is 11.4. The van der Waals surface area contributed by atoms with Gasteiger partial charge in [0.05, 0.1) is 0 Å². The van der Waals surface area contributed by atoms with Crippen molar-refractivity contribution in [3.63, 3.8) is 0 Å². The zero-order valence-electron chi connectivity index (χ0n) is 13.7. The molecule has 1 saturated carbocycles. The quantitative estimate of drug-likeness (QED) is 0.856. The summed E-state index contributed by atoms with van der Waals surface area (Å²) in [5.74, 6) is 1.59. The zero-order valence-corrected chi connectivity index (χ0v) is 13.7. The van der Waals surface area contributed by atoms with E-state index in [0.717, 1.165) is 11.8 Å². The first kappa shape index (κ1) is 15.4. The third kappa shape index (κ3) is 4.01. The van der Waals surface area contributed by atoms with E-state index in [0.29, 0.717) is 6.04 Å². The largest absolute Gasteiger partial charge is 0.378 e. The molecule has 1 aromatic rings. The lowest BCUT2D eigenvalue weighted by molar-refractivity contribution is 0.238. The Morgan fingerprint density at radius 2 is 2.00 bits per heavy atom. The molecule has 2 aliphatic rings. The Balaban J connectivity index is 1.41. The summed E-state index contributed by atoms with van der Waals surface area (Å²) in [5, 5.41) is 3.79. The summed E-state index contributed by atoms with van der Waals surface area (Å²) in [6.45, 7) is 9.68. The average molecular weight is 296 g/mol. The number of nitrogens with zero attached hydrogens (tertiary/aromatic N) is 1. The van der Waals surface area contributed by atoms with Crippen LogP contribution in [-0.4, -0.2) is 30.6 Å². The number of hydrogen-bond acceptors (Lipinski definition) is 2. The number of piperidine rings is 1. The highest BCUT2D eigenvalue weighted by Gasteiger charge is 2.38. The van der Waals surface area contributed by atoms with Gasteiger partial charge in [-0.3, -0.25) is 0 Å². The molecular weight excluding hydrogens is 268 g/mol. The smallest absolute Gasteiger partial charge is 0.0175 e. The predicted molar refractivity (Wildman–Crippen MR) is 94.5 cm³/mol. The van der Waals surface area contributed by atoms with E-state index >= 15 is 0 Å². The van der Waals surface area contributed by atoms with Gasteiger partial charge in [-0.15, -0.1) is 0 Å². The van der Waals surface area contributed by atoms with Gasteiger partial charge in [0, 0.05) is 19.1 Å². The monoisotopic (exact) mass is 296 g/mol. The fourth-order valence-electron chi connectivity index (χ4n) is 3.50. The molecule has 1 aromatic carbocycles. The Hall–Kier alpha value is -1.54. The first-order valence-electron chi connectivity index (χ1n) is 8.59. The topological polar surface area (TPSA) is 15.3 Å². The summed E-state index contributed by atoms with van der Waals surface area (Å²) in [7, 11) is 0. The molecule has 1 heterocycles. The molecule has 0 aromatic heterocycles. The van der Waals surface area contributed by atoms with Gasteiger partial charge in [-0.05, 0) is 56.3 Å². The van der Waals surface area contributed by atoms with Crippen molar-refractivity contribution in [2.45, 2.75) is 32.2 Å². The highest BCUT2D eigenvalue weighted by Crippen LogP contribution is 2.38. The minimum absolute atomic E-state index is 0.706. The molecular formula is C20H28N2. The van der Waals surface area contributed by atoms with Crippen molar-refractivity contribution in [2.75, 3.05) is 19.6 Å². The lowest BCUT2D eigenvalue weighted by Gasteiger charge is -2.31. The Bertz CT molecular complexity index is 512. The number of nitrogens with one attached hydrogen (secondary N) is 1. The first-order valence-corrected chi connectivity index (χ1v) is 8.59. The third-order valence-corrected chi connectivity index (χ3v) is 5.15. The van der Waals surface area contributed by atoms with Gasteiger partial charge in [-0.25, -0.2) is 0 Å². The molecule has 3 rings (SSSR count). The van der Waals surface area contributed by atoms with Crippen molar-refractivity contribution in [1.29, 1.82) is 0 Å². The summed E-state index contributed by atoms with van der Waals surface area (Å²) >= 11 is 0. The molecule has 0 spiro atoms. The molecule has 2 atom stereocenters. The van der Waals surface area contributed by atoms with Crippen LogP contribution in [-0.2, 0) is 0 Å². The Kier molecular flexibility index (Phi) is 4.99. The lowest BCUT2D eigenvalue weighted by Crippen LogP contribution is -2.35. The molecule has 1 N–H and O–H groups in total. The fraction of sp³-hybridized carbons (Fsp3) is 0.500. The molecule has 2 nitrogen and oxygen atoms in total. The molecule has 0 amide bonds. The Morgan fingerprint density at radius 1 is 1.27 bits per heavy atom. The first-order chi connectivity index (χ1) is 10.8. The van der Waals surface area contributed by atoms with E-state index in [1.54, 1.807) is 0 Å². The molecule has 1 saturated heterocycles. The molecule has 2 fully saturated rings. The maximum atomic E-state index is 3.86. The molecule has 22 heavy (non-hydrogen) atoms. The van der Waals surface area contributed by atoms with Gasteiger partial charge in [-0.2, -0.15) is 0 Å². The maximum absolute atomic E-state index is 3.86. The van der Waals surface area contributed by atoms with Crippen LogP contribution >= 0.6 is 0 Å². The van der Waals surface area contributed by atoms with E-state index in [1.807, 2.05) is 6.20 Å². The maximum Gasteiger partial charge on any atom is 0.0175 e. The highest BCUT2D eigenvalue weighted by atomic mass is 15.1. The van der Waals surface area contributed by atoms with E-state index < -0.39 is 0 Å². The average Bonchev–Trinajstić information content (AvgIpc) is 3.34. The molecule has 1 aliphatic carbocycles. The number of likely N-dealkylation sites (tertiary alicyclic amines) is 1. The van der Waals surface area contributed by atoms with Crippen LogP contribution in [0, 0.1) is 11.8 Å². The number of rotatable bonds is 6. The minimum atomic E-state index is 0.706. The predicted octanol–water partition coefficient (Wildman–Crippen LogP) is 3.92. The van der Waals surface area contributed by atoms with Crippen molar-refractivity contribution in [3.05, 3.63) is 54.2 Å². The summed E-state index contributed by atoms with van der Waals surface area (Å²) in [5.41, 5.74) is 2.84. The standard InChI is InChI=1S/C20H28N2/c1-3-22-11-9-18(10-12-22)15-21-20-14-19(20)16(2)13-17-7-5-4-6-8-17/h3-8,13,18-21H,1,9-12,14-15H2,2H3/b16-13+. The van der Waals surface area contributed by atoms with Crippen molar-refractivity contribution < 1.29 is 0 Å². The summed E-state index contributed by atoms with van der Waals surface area (Å²) in [6.07, 6.45) is 8.23. The van der Waals surface area contributed by atoms with Gasteiger partial charge in [-0.1, -0.05) is 48.6 Å². The fourth-order valence-corrected chi connectivity index (χ4v) is 3.50. The molecule has 118 valence electrons. The van der Waals surface area contributed by atoms with Crippen LogP contribution in [0.5, 0.6) is 0 Å². The van der Waals surface area contributed by atoms with Crippen molar-refractivity contribution >= 4 is 6.08 Å². The van der Waals surface area contributed by atoms with E-state index in [2.05, 4.69) is 60.1 Å². The molecule has 1 aliphatic heterocycles. The van der Waals surface area contributed by atoms with Gasteiger partial charge in [0.15, 0.2) is 0 Å². The molecule has 0 radical (unpaired) electrons. The minimum Gasteiger partial charge on any atom is -0.378 e. The second-order valence-corrected chi connectivity index (χ2v) is 6.82. The van der Waals surface area contributed by atoms with Crippen LogP contribution < -0.4 is 5.32 Å². The lowest BCUT2D eigenvalue weighted by atomic mass is 9.97. The SMILES string of the molecule is C=CN1CCC(CNC2CC2/C(C)=C/c2ccccc2)CC1. The van der Waals surface area contributed by atoms with Crippen LogP contribution in [0.4, 0.5) is 0 Å². The van der Waals surface area contributed by atoms with Gasteiger partial charge in [0.25, 0.3) is 0 Å². The van der Waals surface area contributed by atoms with E-state index in [4.69, 9.17) is 0 Å². The number of hydrogen-bond donors (Lipinski definition) is 1. The molecule has 0 bridgehead atoms. The molecule has 2 unspecified atom stereocenters.